The third-order valence-corrected chi connectivity index (χ3v) is 0.503. The van der Waals surface area contributed by atoms with E-state index in [4.69, 9.17) is 11.6 Å². The van der Waals surface area contributed by atoms with Crippen molar-refractivity contribution in [2.24, 2.45) is 0 Å². The van der Waals surface area contributed by atoms with Crippen LogP contribution in [0.15, 0.2) is 12.2 Å². The molecule has 0 aromatic heterocycles. The van der Waals surface area contributed by atoms with Gasteiger partial charge >= 0.3 is 0 Å². The summed E-state index contributed by atoms with van der Waals surface area (Å²) >= 11 is 5.21. The molecule has 0 spiro atoms. The van der Waals surface area contributed by atoms with Crippen molar-refractivity contribution in [1.82, 2.24) is 4.90 Å². The van der Waals surface area contributed by atoms with E-state index in [2.05, 4.69) is 0 Å². The van der Waals surface area contributed by atoms with Crippen LogP contribution in [0.4, 0.5) is 0 Å². The van der Waals surface area contributed by atoms with Crippen LogP contribution in [-0.4, -0.2) is 31.9 Å². The maximum absolute atomic E-state index is 5.21. The molecular weight excluding hydrogens is 169 g/mol. The summed E-state index contributed by atoms with van der Waals surface area (Å²) in [5, 5.41) is 0. The first-order chi connectivity index (χ1) is 4.15. The first-order valence-corrected chi connectivity index (χ1v) is 3.46. The Hall–Kier alpha value is 0.280. The normalized spacial score (nSPS) is 8.60. The number of hydrogen-bond donors (Lipinski definition) is 0. The zero-order valence-corrected chi connectivity index (χ0v) is 8.67. The second kappa shape index (κ2) is 16.1. The summed E-state index contributed by atoms with van der Waals surface area (Å²) in [7, 11) is 6.00. The third kappa shape index (κ3) is 84.4. The lowest BCUT2D eigenvalue weighted by Crippen LogP contribution is -1.99. The van der Waals surface area contributed by atoms with Gasteiger partial charge in [0.15, 0.2) is 0 Å². The van der Waals surface area contributed by atoms with Crippen LogP contribution in [0.25, 0.3) is 0 Å². The monoisotopic (exact) mass is 185 g/mol. The van der Waals surface area contributed by atoms with E-state index >= 15 is 0 Å². The van der Waals surface area contributed by atoms with Crippen molar-refractivity contribution < 1.29 is 0 Å². The number of halogens is 2. The van der Waals surface area contributed by atoms with E-state index in [-0.39, 0.29) is 12.4 Å². The highest BCUT2D eigenvalue weighted by Crippen LogP contribution is 1.73. The van der Waals surface area contributed by atoms with Crippen LogP contribution < -0.4 is 0 Å². The molecule has 0 radical (unpaired) electrons. The molecule has 0 fully saturated rings. The van der Waals surface area contributed by atoms with E-state index in [9.17, 15) is 0 Å². The molecule has 0 heterocycles. The SMILES string of the molecule is CC=CCCl.CN(C)C.Cl. The summed E-state index contributed by atoms with van der Waals surface area (Å²) in [6, 6.07) is 0. The largest absolute Gasteiger partial charge is 0.312 e. The summed E-state index contributed by atoms with van der Waals surface area (Å²) in [6.07, 6.45) is 3.81. The number of hydrogen-bond acceptors (Lipinski definition) is 1. The molecule has 0 saturated heterocycles. The Kier molecular flexibility index (Phi) is 26.9. The lowest BCUT2D eigenvalue weighted by atomic mass is 10.6. The van der Waals surface area contributed by atoms with Gasteiger partial charge in [-0.1, -0.05) is 12.2 Å². The van der Waals surface area contributed by atoms with Gasteiger partial charge < -0.3 is 4.90 Å². The summed E-state index contributed by atoms with van der Waals surface area (Å²) < 4.78 is 0. The minimum Gasteiger partial charge on any atom is -0.312 e. The van der Waals surface area contributed by atoms with Crippen molar-refractivity contribution in [1.29, 1.82) is 0 Å². The zero-order valence-electron chi connectivity index (χ0n) is 7.10. The molecule has 0 atom stereocenters. The second-order valence-corrected chi connectivity index (χ2v) is 2.37. The molecule has 10 heavy (non-hydrogen) atoms. The van der Waals surface area contributed by atoms with E-state index in [1.54, 1.807) is 0 Å². The van der Waals surface area contributed by atoms with Crippen LogP contribution in [0, 0.1) is 0 Å². The first kappa shape index (κ1) is 16.7. The van der Waals surface area contributed by atoms with Crippen molar-refractivity contribution in [3.8, 4) is 0 Å². The van der Waals surface area contributed by atoms with Crippen molar-refractivity contribution in [2.75, 3.05) is 27.0 Å². The molecule has 3 heteroatoms. The van der Waals surface area contributed by atoms with Crippen molar-refractivity contribution in [3.63, 3.8) is 0 Å². The fourth-order valence-electron chi connectivity index (χ4n) is 0.0891. The van der Waals surface area contributed by atoms with Crippen LogP contribution in [0.5, 0.6) is 0 Å². The molecule has 0 aromatic rings. The van der Waals surface area contributed by atoms with Gasteiger partial charge in [0, 0.05) is 5.88 Å². The molecule has 64 valence electrons. The quantitative estimate of drug-likeness (QED) is 0.449. The predicted molar refractivity (Wildman–Crippen MR) is 52.4 cm³/mol. The van der Waals surface area contributed by atoms with Crippen LogP contribution in [0.3, 0.4) is 0 Å². The number of rotatable bonds is 1. The van der Waals surface area contributed by atoms with Gasteiger partial charge in [0.2, 0.25) is 0 Å². The highest BCUT2D eigenvalue weighted by Gasteiger charge is 1.58. The van der Waals surface area contributed by atoms with E-state index in [0.29, 0.717) is 5.88 Å². The standard InChI is InChI=1S/C4H7Cl.C3H9N.ClH/c1-2-3-4-5;1-4(2)3;/h2-3H,4H2,1H3;1-3H3;1H. The minimum atomic E-state index is 0. The summed E-state index contributed by atoms with van der Waals surface area (Å²) in [5.41, 5.74) is 0. The van der Waals surface area contributed by atoms with Gasteiger partial charge in [0.1, 0.15) is 0 Å². The highest BCUT2D eigenvalue weighted by molar-refractivity contribution is 6.18. The average molecular weight is 186 g/mol. The Morgan fingerprint density at radius 2 is 1.60 bits per heavy atom. The first-order valence-electron chi connectivity index (χ1n) is 2.93. The molecule has 0 aliphatic heterocycles. The average Bonchev–Trinajstić information content (AvgIpc) is 1.66. The maximum Gasteiger partial charge on any atom is 0.0404 e. The molecule has 1 nitrogen and oxygen atoms in total. The third-order valence-electron chi connectivity index (χ3n) is 0.325. The van der Waals surface area contributed by atoms with Crippen LogP contribution >= 0.6 is 24.0 Å². The minimum absolute atomic E-state index is 0. The van der Waals surface area contributed by atoms with Gasteiger partial charge in [-0.2, -0.15) is 0 Å². The molecule has 0 saturated carbocycles. The van der Waals surface area contributed by atoms with Crippen molar-refractivity contribution >= 4 is 24.0 Å². The van der Waals surface area contributed by atoms with Crippen LogP contribution in [-0.2, 0) is 0 Å². The summed E-state index contributed by atoms with van der Waals surface area (Å²) in [5.74, 6) is 0.635. The maximum atomic E-state index is 5.21. The lowest BCUT2D eigenvalue weighted by Gasteiger charge is -1.90. The molecule has 0 rings (SSSR count). The van der Waals surface area contributed by atoms with Gasteiger partial charge in [0.05, 0.1) is 0 Å². The molecule has 0 aliphatic rings. The van der Waals surface area contributed by atoms with Crippen LogP contribution in [0.1, 0.15) is 6.92 Å². The summed E-state index contributed by atoms with van der Waals surface area (Å²) in [4.78, 5) is 2.00. The van der Waals surface area contributed by atoms with Crippen molar-refractivity contribution in [2.45, 2.75) is 6.92 Å². The zero-order chi connectivity index (χ0) is 7.70. The van der Waals surface area contributed by atoms with Gasteiger partial charge in [-0.15, -0.1) is 24.0 Å². The van der Waals surface area contributed by atoms with E-state index in [1.165, 1.54) is 0 Å². The Morgan fingerprint density at radius 1 is 1.30 bits per heavy atom. The Balaban J connectivity index is -0.0000000910. The molecular formula is C7H17Cl2N. The lowest BCUT2D eigenvalue weighted by molar-refractivity contribution is 0.505. The predicted octanol–water partition coefficient (Wildman–Crippen LogP) is 2.40. The van der Waals surface area contributed by atoms with E-state index in [0.717, 1.165) is 0 Å². The smallest absolute Gasteiger partial charge is 0.0404 e. The molecule has 0 aliphatic carbocycles. The molecule has 0 unspecified atom stereocenters. The van der Waals surface area contributed by atoms with Crippen molar-refractivity contribution in [3.05, 3.63) is 12.2 Å². The van der Waals surface area contributed by atoms with E-state index < -0.39 is 0 Å². The van der Waals surface area contributed by atoms with Gasteiger partial charge in [-0.05, 0) is 28.1 Å². The summed E-state index contributed by atoms with van der Waals surface area (Å²) in [6.45, 7) is 1.95. The topological polar surface area (TPSA) is 3.24 Å². The molecule has 0 N–H and O–H groups in total. The second-order valence-electron chi connectivity index (χ2n) is 2.06. The Labute approximate surface area is 75.5 Å². The van der Waals surface area contributed by atoms with Gasteiger partial charge in [0.25, 0.3) is 0 Å². The van der Waals surface area contributed by atoms with E-state index in [1.807, 2.05) is 45.1 Å². The molecule has 0 amide bonds. The number of nitrogens with zero attached hydrogens (tertiary/aromatic N) is 1. The highest BCUT2D eigenvalue weighted by atomic mass is 35.5. The number of alkyl halides is 1. The van der Waals surface area contributed by atoms with Gasteiger partial charge in [-0.3, -0.25) is 0 Å². The Bertz CT molecular complexity index is 59.9. The number of allylic oxidation sites excluding steroid dienone is 2. The fraction of sp³-hybridized carbons (Fsp3) is 0.714. The molecule has 0 bridgehead atoms. The van der Waals surface area contributed by atoms with Crippen LogP contribution in [0.2, 0.25) is 0 Å². The Morgan fingerprint density at radius 3 is 1.60 bits per heavy atom. The molecule has 0 aromatic carbocycles. The van der Waals surface area contributed by atoms with Gasteiger partial charge in [-0.25, -0.2) is 0 Å². The fourth-order valence-corrected chi connectivity index (χ4v) is 0.267.